The molecular weight excluding hydrogens is 200 g/mol. The first-order chi connectivity index (χ1) is 7.70. The largest absolute Gasteiger partial charge is 0.357 e. The van der Waals surface area contributed by atoms with Crippen LogP contribution in [0.1, 0.15) is 24.8 Å². The summed E-state index contributed by atoms with van der Waals surface area (Å²) >= 11 is 0. The minimum atomic E-state index is 0.325. The van der Waals surface area contributed by atoms with Crippen LogP contribution in [0.4, 0.5) is 5.82 Å². The van der Waals surface area contributed by atoms with E-state index in [1.165, 1.54) is 0 Å². The number of nitriles is 1. The van der Waals surface area contributed by atoms with Crippen LogP contribution in [-0.2, 0) is 0 Å². The van der Waals surface area contributed by atoms with Crippen molar-refractivity contribution in [3.63, 3.8) is 0 Å². The molecule has 1 saturated carbocycles. The molecule has 1 fully saturated rings. The molecule has 1 heterocycles. The zero-order valence-corrected chi connectivity index (χ0v) is 9.43. The van der Waals surface area contributed by atoms with E-state index in [1.54, 1.807) is 12.3 Å². The number of hydrogen-bond acceptors (Lipinski definition) is 4. The molecule has 16 heavy (non-hydrogen) atoms. The van der Waals surface area contributed by atoms with Crippen LogP contribution in [0.2, 0.25) is 0 Å². The van der Waals surface area contributed by atoms with Gasteiger partial charge in [-0.3, -0.25) is 0 Å². The van der Waals surface area contributed by atoms with Crippen LogP contribution in [0.3, 0.4) is 0 Å². The molecule has 1 aliphatic carbocycles. The highest BCUT2D eigenvalue weighted by atomic mass is 15.2. The molecule has 2 N–H and O–H groups in total. The Kier molecular flexibility index (Phi) is 3.07. The topological polar surface area (TPSA) is 65.9 Å². The number of hydrogen-bond donors (Lipinski definition) is 1. The van der Waals surface area contributed by atoms with Gasteiger partial charge in [-0.2, -0.15) is 5.26 Å². The highest BCUT2D eigenvalue weighted by Gasteiger charge is 2.25. The zero-order chi connectivity index (χ0) is 11.5. The molecule has 0 aliphatic heterocycles. The molecule has 1 aromatic rings. The molecule has 1 aliphatic rings. The van der Waals surface area contributed by atoms with E-state index in [4.69, 9.17) is 11.0 Å². The highest BCUT2D eigenvalue weighted by Crippen LogP contribution is 2.25. The molecular formula is C12H16N4. The second-order valence-corrected chi connectivity index (χ2v) is 4.35. The summed E-state index contributed by atoms with van der Waals surface area (Å²) in [6.07, 6.45) is 4.85. The van der Waals surface area contributed by atoms with Crippen LogP contribution >= 0.6 is 0 Å². The third kappa shape index (κ3) is 2.15. The number of nitrogens with two attached hydrogens (primary N) is 1. The Bertz CT molecular complexity index is 392. The first kappa shape index (κ1) is 10.9. The molecule has 0 bridgehead atoms. The number of nitrogens with zero attached hydrogens (tertiary/aromatic N) is 3. The van der Waals surface area contributed by atoms with Crippen molar-refractivity contribution in [1.82, 2.24) is 4.98 Å². The summed E-state index contributed by atoms with van der Waals surface area (Å²) in [7, 11) is 2.04. The van der Waals surface area contributed by atoms with Gasteiger partial charge in [-0.05, 0) is 31.4 Å². The number of aromatic nitrogens is 1. The molecule has 0 aromatic carbocycles. The summed E-state index contributed by atoms with van der Waals surface area (Å²) < 4.78 is 0. The fourth-order valence-corrected chi connectivity index (χ4v) is 2.19. The van der Waals surface area contributed by atoms with Gasteiger partial charge < -0.3 is 10.6 Å². The first-order valence-corrected chi connectivity index (χ1v) is 5.55. The smallest absolute Gasteiger partial charge is 0.128 e. The summed E-state index contributed by atoms with van der Waals surface area (Å²) in [4.78, 5) is 6.44. The fourth-order valence-electron chi connectivity index (χ4n) is 2.19. The van der Waals surface area contributed by atoms with Crippen molar-refractivity contribution < 1.29 is 0 Å². The van der Waals surface area contributed by atoms with Crippen molar-refractivity contribution >= 4 is 5.82 Å². The zero-order valence-electron chi connectivity index (χ0n) is 9.43. The van der Waals surface area contributed by atoms with E-state index in [-0.39, 0.29) is 0 Å². The van der Waals surface area contributed by atoms with Crippen molar-refractivity contribution in [3.05, 3.63) is 23.9 Å². The van der Waals surface area contributed by atoms with E-state index >= 15 is 0 Å². The lowest BCUT2D eigenvalue weighted by Crippen LogP contribution is -2.31. The first-order valence-electron chi connectivity index (χ1n) is 5.55. The second kappa shape index (κ2) is 4.50. The molecule has 0 saturated heterocycles. The summed E-state index contributed by atoms with van der Waals surface area (Å²) in [6, 6.07) is 6.57. The fraction of sp³-hybridized carbons (Fsp3) is 0.500. The van der Waals surface area contributed by atoms with Gasteiger partial charge in [0.1, 0.15) is 11.9 Å². The molecule has 2 atom stereocenters. The van der Waals surface area contributed by atoms with Crippen molar-refractivity contribution in [2.24, 2.45) is 5.73 Å². The molecule has 0 radical (unpaired) electrons. The Hall–Kier alpha value is -1.60. The lowest BCUT2D eigenvalue weighted by molar-refractivity contribution is 0.627. The maximum absolute atomic E-state index is 8.69. The third-order valence-corrected chi connectivity index (χ3v) is 3.23. The predicted molar refractivity (Wildman–Crippen MR) is 63.0 cm³/mol. The molecule has 84 valence electrons. The Morgan fingerprint density at radius 1 is 1.50 bits per heavy atom. The summed E-state index contributed by atoms with van der Waals surface area (Å²) in [5.74, 6) is 0.915. The maximum Gasteiger partial charge on any atom is 0.128 e. The van der Waals surface area contributed by atoms with Gasteiger partial charge in [0.05, 0.1) is 5.56 Å². The van der Waals surface area contributed by atoms with Gasteiger partial charge in [0, 0.05) is 25.3 Å². The van der Waals surface area contributed by atoms with E-state index in [9.17, 15) is 0 Å². The summed E-state index contributed by atoms with van der Waals surface area (Å²) in [6.45, 7) is 0. The Balaban J connectivity index is 2.09. The van der Waals surface area contributed by atoms with Crippen LogP contribution in [0.5, 0.6) is 0 Å². The van der Waals surface area contributed by atoms with Crippen LogP contribution in [-0.4, -0.2) is 24.1 Å². The minimum Gasteiger partial charge on any atom is -0.357 e. The van der Waals surface area contributed by atoms with E-state index in [1.807, 2.05) is 13.1 Å². The molecule has 2 rings (SSSR count). The van der Waals surface area contributed by atoms with Crippen LogP contribution in [0.25, 0.3) is 0 Å². The van der Waals surface area contributed by atoms with Crippen molar-refractivity contribution in [2.45, 2.75) is 31.3 Å². The van der Waals surface area contributed by atoms with Crippen molar-refractivity contribution in [1.29, 1.82) is 5.26 Å². The molecule has 0 spiro atoms. The van der Waals surface area contributed by atoms with E-state index in [2.05, 4.69) is 16.0 Å². The quantitative estimate of drug-likeness (QED) is 0.808. The normalized spacial score (nSPS) is 24.1. The molecule has 0 amide bonds. The van der Waals surface area contributed by atoms with E-state index < -0.39 is 0 Å². The van der Waals surface area contributed by atoms with Gasteiger partial charge >= 0.3 is 0 Å². The number of rotatable bonds is 2. The molecule has 1 aromatic heterocycles. The molecule has 4 heteroatoms. The Morgan fingerprint density at radius 3 is 2.81 bits per heavy atom. The second-order valence-electron chi connectivity index (χ2n) is 4.35. The average Bonchev–Trinajstić information content (AvgIpc) is 2.75. The van der Waals surface area contributed by atoms with Gasteiger partial charge in [0.2, 0.25) is 0 Å². The van der Waals surface area contributed by atoms with Gasteiger partial charge in [-0.1, -0.05) is 0 Å². The molecule has 4 nitrogen and oxygen atoms in total. The van der Waals surface area contributed by atoms with Crippen LogP contribution in [0.15, 0.2) is 18.3 Å². The van der Waals surface area contributed by atoms with Gasteiger partial charge in [-0.25, -0.2) is 4.98 Å². The minimum absolute atomic E-state index is 0.325. The number of anilines is 1. The van der Waals surface area contributed by atoms with Crippen molar-refractivity contribution in [2.75, 3.05) is 11.9 Å². The average molecular weight is 216 g/mol. The van der Waals surface area contributed by atoms with Gasteiger partial charge in [-0.15, -0.1) is 0 Å². The van der Waals surface area contributed by atoms with Crippen LogP contribution in [0, 0.1) is 11.3 Å². The number of pyridine rings is 1. The van der Waals surface area contributed by atoms with Gasteiger partial charge in [0.25, 0.3) is 0 Å². The Labute approximate surface area is 95.7 Å². The Morgan fingerprint density at radius 2 is 2.31 bits per heavy atom. The monoisotopic (exact) mass is 216 g/mol. The lowest BCUT2D eigenvalue weighted by Gasteiger charge is -2.25. The third-order valence-electron chi connectivity index (χ3n) is 3.23. The van der Waals surface area contributed by atoms with Gasteiger partial charge in [0.15, 0.2) is 0 Å². The molecule has 0 unspecified atom stereocenters. The van der Waals surface area contributed by atoms with E-state index in [0.717, 1.165) is 25.1 Å². The summed E-state index contributed by atoms with van der Waals surface area (Å²) in [5.41, 5.74) is 6.49. The summed E-state index contributed by atoms with van der Waals surface area (Å²) in [5, 5.41) is 8.69. The highest BCUT2D eigenvalue weighted by molar-refractivity contribution is 5.42. The van der Waals surface area contributed by atoms with E-state index in [0.29, 0.717) is 17.6 Å². The standard InChI is InChI=1S/C12H16N4/c1-16(11-4-3-10(14)6-11)12-5-2-9(7-13)8-15-12/h2,5,8,10-11H,3-4,6,14H2,1H3/t10-,11+/m0/s1. The van der Waals surface area contributed by atoms with Crippen LogP contribution < -0.4 is 10.6 Å². The maximum atomic E-state index is 8.69. The SMILES string of the molecule is CN(c1ccc(C#N)cn1)[C@@H]1CC[C@H](N)C1. The predicted octanol–water partition coefficient (Wildman–Crippen LogP) is 1.27. The van der Waals surface area contributed by atoms with Crippen molar-refractivity contribution in [3.8, 4) is 6.07 Å². The lowest BCUT2D eigenvalue weighted by atomic mass is 10.2.